The summed E-state index contributed by atoms with van der Waals surface area (Å²) in [5.74, 6) is 0.0116. The van der Waals surface area contributed by atoms with Crippen LogP contribution >= 0.6 is 11.3 Å². The number of anilines is 1. The van der Waals surface area contributed by atoms with Gasteiger partial charge in [0.1, 0.15) is 6.04 Å². The van der Waals surface area contributed by atoms with E-state index in [4.69, 9.17) is 9.47 Å². The first-order valence-electron chi connectivity index (χ1n) is 22.0. The zero-order chi connectivity index (χ0) is 44.4. The van der Waals surface area contributed by atoms with E-state index in [1.165, 1.54) is 18.2 Å². The lowest BCUT2D eigenvalue weighted by atomic mass is 9.85. The number of amides is 3. The number of halogens is 2. The molecule has 14 heteroatoms. The highest BCUT2D eigenvalue weighted by Gasteiger charge is 2.41. The molecule has 0 radical (unpaired) electrons. The first-order chi connectivity index (χ1) is 29.7. The molecule has 2 unspecified atom stereocenters. The number of rotatable bonds is 21. The third-order valence-corrected chi connectivity index (χ3v) is 12.6. The Hall–Kier alpha value is -4.95. The van der Waals surface area contributed by atoms with Crippen molar-refractivity contribution in [2.24, 2.45) is 11.3 Å². The Kier molecular flexibility index (Phi) is 16.1. The van der Waals surface area contributed by atoms with Crippen LogP contribution in [-0.4, -0.2) is 77.5 Å². The molecule has 0 spiro atoms. The summed E-state index contributed by atoms with van der Waals surface area (Å²) >= 11 is 1.61. The van der Waals surface area contributed by atoms with Crippen LogP contribution in [0.4, 0.5) is 14.5 Å². The number of unbranched alkanes of at least 4 members (excludes halogenated alkanes) is 4. The van der Waals surface area contributed by atoms with Crippen LogP contribution in [0, 0.1) is 32.1 Å². The Balaban J connectivity index is 0.986. The number of nitrogens with zero attached hydrogens (tertiary/aromatic N) is 4. The molecule has 4 aromatic rings. The second-order valence-corrected chi connectivity index (χ2v) is 18.6. The number of nitrogens with one attached hydrogen (secondary N) is 2. The van der Waals surface area contributed by atoms with Gasteiger partial charge in [0.2, 0.25) is 11.8 Å². The molecule has 2 aromatic heterocycles. The van der Waals surface area contributed by atoms with Gasteiger partial charge < -0.3 is 29.9 Å². The van der Waals surface area contributed by atoms with Gasteiger partial charge in [-0.3, -0.25) is 19.4 Å². The van der Waals surface area contributed by atoms with Crippen LogP contribution in [0.1, 0.15) is 111 Å². The predicted octanol–water partition coefficient (Wildman–Crippen LogP) is 9.43. The number of alkyl halides is 2. The van der Waals surface area contributed by atoms with E-state index in [-0.39, 0.29) is 34.6 Å². The van der Waals surface area contributed by atoms with Crippen molar-refractivity contribution in [2.75, 3.05) is 31.1 Å². The third-order valence-electron chi connectivity index (χ3n) is 11.7. The predicted molar refractivity (Wildman–Crippen MR) is 240 cm³/mol. The second-order valence-electron chi connectivity index (χ2n) is 17.8. The summed E-state index contributed by atoms with van der Waals surface area (Å²) in [5, 5.41) is 6.62. The Morgan fingerprint density at radius 2 is 1.65 bits per heavy atom. The van der Waals surface area contributed by atoms with E-state index in [9.17, 15) is 23.2 Å². The van der Waals surface area contributed by atoms with Crippen molar-refractivity contribution in [3.8, 4) is 21.9 Å². The minimum Gasteiger partial charge on any atom is -0.489 e. The van der Waals surface area contributed by atoms with Gasteiger partial charge in [-0.1, -0.05) is 64.3 Å². The maximum atomic E-state index is 14.2. The zero-order valence-electron chi connectivity index (χ0n) is 37.0. The van der Waals surface area contributed by atoms with E-state index < -0.39 is 18.7 Å². The first kappa shape index (κ1) is 46.6. The topological polar surface area (TPSA) is 126 Å². The molecule has 1 saturated carbocycles. The van der Waals surface area contributed by atoms with Crippen molar-refractivity contribution in [3.05, 3.63) is 88.3 Å². The maximum Gasteiger partial charge on any atom is 0.387 e. The van der Waals surface area contributed by atoms with Gasteiger partial charge in [-0.15, -0.1) is 11.3 Å². The largest absolute Gasteiger partial charge is 0.489 e. The van der Waals surface area contributed by atoms with Gasteiger partial charge in [0.15, 0.2) is 11.5 Å². The molecule has 2 aliphatic rings. The number of hydrogen-bond donors (Lipinski definition) is 2. The van der Waals surface area contributed by atoms with Gasteiger partial charge in [-0.2, -0.15) is 8.78 Å². The molecular formula is C48H62F2N6O5S. The van der Waals surface area contributed by atoms with Crippen LogP contribution in [-0.2, 0) is 16.1 Å². The number of carbonyl (C=O) groups excluding carboxylic acids is 3. The molecule has 1 saturated heterocycles. The van der Waals surface area contributed by atoms with Crippen LogP contribution in [0.15, 0.2) is 60.4 Å². The summed E-state index contributed by atoms with van der Waals surface area (Å²) in [7, 11) is 0. The highest BCUT2D eigenvalue weighted by atomic mass is 32.1. The smallest absolute Gasteiger partial charge is 0.387 e. The van der Waals surface area contributed by atoms with Gasteiger partial charge in [0, 0.05) is 37.6 Å². The van der Waals surface area contributed by atoms with Gasteiger partial charge in [-0.25, -0.2) is 4.98 Å². The van der Waals surface area contributed by atoms with Gasteiger partial charge >= 0.3 is 6.61 Å². The lowest BCUT2D eigenvalue weighted by Gasteiger charge is -2.35. The molecule has 3 amide bonds. The van der Waals surface area contributed by atoms with E-state index in [1.807, 2.05) is 38.4 Å². The lowest BCUT2D eigenvalue weighted by Crippen LogP contribution is -2.56. The molecule has 62 heavy (non-hydrogen) atoms. The minimum atomic E-state index is -3.01. The monoisotopic (exact) mass is 872 g/mol. The number of pyridine rings is 1. The molecule has 0 bridgehead atoms. The molecule has 3 heterocycles. The Morgan fingerprint density at radius 3 is 2.31 bits per heavy atom. The molecule has 334 valence electrons. The standard InChI is InChI=1S/C48H62F2N6O5S/c1-31-26-51-27-32(2)41(31)56(45(58)37-20-21-39(61-47(49)50)40(25-37)60-29-35-14-15-35)23-11-9-7-8-10-22-52-43(48(4,5)6)46(59)55-24-12-13-38(55)44(57)53-28-34-16-18-36(19-17-34)42-33(3)54-30-62-42/h16-21,25-27,30,35,38,43,47,52H,7-15,22-24,28-29H2,1-6H3,(H,53,57). The lowest BCUT2D eigenvalue weighted by molar-refractivity contribution is -0.142. The molecule has 2 N–H and O–H groups in total. The summed E-state index contributed by atoms with van der Waals surface area (Å²) < 4.78 is 37.0. The fourth-order valence-corrected chi connectivity index (χ4v) is 8.91. The molecular weight excluding hydrogens is 811 g/mol. The Bertz CT molecular complexity index is 2120. The van der Waals surface area contributed by atoms with Crippen LogP contribution in [0.3, 0.4) is 0 Å². The minimum absolute atomic E-state index is 0.0383. The molecule has 11 nitrogen and oxygen atoms in total. The van der Waals surface area contributed by atoms with Gasteiger partial charge in [0.05, 0.1) is 34.4 Å². The average Bonchev–Trinajstić information content (AvgIpc) is 3.75. The number of likely N-dealkylation sites (tertiary alicyclic amines) is 1. The molecule has 2 atom stereocenters. The van der Waals surface area contributed by atoms with Crippen molar-refractivity contribution in [3.63, 3.8) is 0 Å². The van der Waals surface area contributed by atoms with Crippen LogP contribution in [0.5, 0.6) is 11.5 Å². The fraction of sp³-hybridized carbons (Fsp3) is 0.521. The van der Waals surface area contributed by atoms with Crippen LogP contribution < -0.4 is 25.0 Å². The highest BCUT2D eigenvalue weighted by Crippen LogP contribution is 2.36. The Morgan fingerprint density at radius 1 is 0.935 bits per heavy atom. The van der Waals surface area contributed by atoms with Gasteiger partial charge in [-0.05, 0) is 118 Å². The van der Waals surface area contributed by atoms with E-state index in [2.05, 4.69) is 53.5 Å². The van der Waals surface area contributed by atoms with E-state index in [1.54, 1.807) is 33.5 Å². The number of aromatic nitrogens is 2. The zero-order valence-corrected chi connectivity index (χ0v) is 37.8. The molecule has 2 aromatic carbocycles. The van der Waals surface area contributed by atoms with Crippen LogP contribution in [0.2, 0.25) is 0 Å². The number of thiazole rings is 1. The van der Waals surface area contributed by atoms with E-state index in [0.29, 0.717) is 50.7 Å². The summed E-state index contributed by atoms with van der Waals surface area (Å²) in [4.78, 5) is 55.1. The number of benzene rings is 2. The van der Waals surface area contributed by atoms with Gasteiger partial charge in [0.25, 0.3) is 5.91 Å². The first-order valence-corrected chi connectivity index (χ1v) is 22.8. The summed E-state index contributed by atoms with van der Waals surface area (Å²) in [5.41, 5.74) is 7.42. The van der Waals surface area contributed by atoms with Crippen molar-refractivity contribution in [1.82, 2.24) is 25.5 Å². The summed E-state index contributed by atoms with van der Waals surface area (Å²) in [6.45, 7) is 11.4. The van der Waals surface area contributed by atoms with Crippen LogP contribution in [0.25, 0.3) is 10.4 Å². The quantitative estimate of drug-likeness (QED) is 0.0794. The summed E-state index contributed by atoms with van der Waals surface area (Å²) in [6, 6.07) is 11.6. The van der Waals surface area contributed by atoms with Crippen molar-refractivity contribution in [2.45, 2.75) is 125 Å². The van der Waals surface area contributed by atoms with E-state index >= 15 is 0 Å². The third kappa shape index (κ3) is 12.4. The molecule has 6 rings (SSSR count). The Labute approximate surface area is 369 Å². The molecule has 1 aliphatic heterocycles. The average molecular weight is 873 g/mol. The van der Waals surface area contributed by atoms with E-state index in [0.717, 1.165) is 89.9 Å². The number of ether oxygens (including phenoxy) is 2. The van der Waals surface area contributed by atoms with Crippen molar-refractivity contribution < 1.29 is 32.6 Å². The van der Waals surface area contributed by atoms with Crippen molar-refractivity contribution in [1.29, 1.82) is 0 Å². The molecule has 1 aliphatic carbocycles. The maximum absolute atomic E-state index is 14.2. The fourth-order valence-electron chi connectivity index (χ4n) is 8.09. The number of carbonyl (C=O) groups is 3. The van der Waals surface area contributed by atoms with Crippen molar-refractivity contribution >= 4 is 34.7 Å². The normalized spacial score (nSPS) is 15.8. The number of aryl methyl sites for hydroxylation is 3. The SMILES string of the molecule is Cc1cncc(C)c1N(CCCCCCCNC(C(=O)N1CCCC1C(=O)NCc1ccc(-c2scnc2C)cc1)C(C)(C)C)C(=O)c1ccc(OC(F)F)c(OCC2CC2)c1. The second kappa shape index (κ2) is 21.4. The molecule has 2 fully saturated rings. The highest BCUT2D eigenvalue weighted by molar-refractivity contribution is 7.13. The summed E-state index contributed by atoms with van der Waals surface area (Å²) in [6.07, 6.45) is 11.3. The number of hydrogen-bond acceptors (Lipinski definition) is 9.